The van der Waals surface area contributed by atoms with E-state index in [-0.39, 0.29) is 12.2 Å². The van der Waals surface area contributed by atoms with Gasteiger partial charge in [0.2, 0.25) is 0 Å². The molecule has 1 saturated heterocycles. The number of nitrogens with zero attached hydrogens (tertiary/aromatic N) is 1. The van der Waals surface area contributed by atoms with E-state index in [0.717, 1.165) is 19.3 Å². The van der Waals surface area contributed by atoms with Crippen LogP contribution in [0.25, 0.3) is 0 Å². The molecular weight excluding hydrogens is 316 g/mol. The quantitative estimate of drug-likeness (QED) is 0.459. The predicted molar refractivity (Wildman–Crippen MR) is 85.1 cm³/mol. The Balaban J connectivity index is 2.25. The Morgan fingerprint density at radius 1 is 1.42 bits per heavy atom. The molecule has 0 bridgehead atoms. The summed E-state index contributed by atoms with van der Waals surface area (Å²) in [6.45, 7) is 0.629. The highest BCUT2D eigenvalue weighted by Crippen LogP contribution is 2.31. The number of nitro groups is 1. The fraction of sp³-hybridized carbons (Fsp3) is 0.562. The van der Waals surface area contributed by atoms with Crippen molar-refractivity contribution in [1.29, 1.82) is 0 Å². The van der Waals surface area contributed by atoms with Crippen LogP contribution in [-0.2, 0) is 19.0 Å². The molecule has 1 aromatic carbocycles. The smallest absolute Gasteiger partial charge is 0.312 e. The molecule has 3 unspecified atom stereocenters. The summed E-state index contributed by atoms with van der Waals surface area (Å²) in [7, 11) is 1.29. The number of non-ortho nitro benzene ring substituents is 1. The van der Waals surface area contributed by atoms with E-state index in [0.29, 0.717) is 12.2 Å². The molecule has 3 atom stereocenters. The van der Waals surface area contributed by atoms with Gasteiger partial charge in [0, 0.05) is 25.3 Å². The van der Waals surface area contributed by atoms with Gasteiger partial charge in [0.15, 0.2) is 6.29 Å². The van der Waals surface area contributed by atoms with Gasteiger partial charge in [-0.05, 0) is 37.0 Å². The molecule has 0 saturated carbocycles. The van der Waals surface area contributed by atoms with Gasteiger partial charge in [-0.3, -0.25) is 14.9 Å². The molecule has 1 aromatic rings. The van der Waals surface area contributed by atoms with Crippen LogP contribution >= 0.6 is 0 Å². The van der Waals surface area contributed by atoms with E-state index in [1.807, 2.05) is 0 Å². The van der Waals surface area contributed by atoms with Crippen molar-refractivity contribution in [3.8, 4) is 0 Å². The fourth-order valence-electron chi connectivity index (χ4n) is 2.67. The molecule has 0 aliphatic carbocycles. The van der Waals surface area contributed by atoms with Crippen molar-refractivity contribution in [2.24, 2.45) is 11.7 Å². The van der Waals surface area contributed by atoms with Crippen molar-refractivity contribution in [2.45, 2.75) is 31.7 Å². The molecule has 132 valence electrons. The molecule has 1 aliphatic heterocycles. The molecule has 0 spiro atoms. The monoisotopic (exact) mass is 338 g/mol. The Labute approximate surface area is 140 Å². The van der Waals surface area contributed by atoms with E-state index in [9.17, 15) is 14.9 Å². The minimum absolute atomic E-state index is 0.0288. The highest BCUT2D eigenvalue weighted by Gasteiger charge is 2.33. The molecule has 1 aliphatic rings. The lowest BCUT2D eigenvalue weighted by atomic mass is 9.95. The van der Waals surface area contributed by atoms with Crippen LogP contribution in [0, 0.1) is 16.0 Å². The molecule has 1 heterocycles. The van der Waals surface area contributed by atoms with Crippen LogP contribution in [0.15, 0.2) is 24.3 Å². The Hall–Kier alpha value is -2.03. The standard InChI is InChI=1S/C16H22N2O6/c1-22-16(19)13(10-17)15(24-14-4-2-3-9-23-14)11-5-7-12(8-6-11)18(20)21/h5-8,13-15H,2-4,9-10,17H2,1H3. The second kappa shape index (κ2) is 8.72. The number of nitrogens with two attached hydrogens (primary N) is 1. The van der Waals surface area contributed by atoms with Gasteiger partial charge in [0.25, 0.3) is 5.69 Å². The minimum atomic E-state index is -0.720. The maximum absolute atomic E-state index is 12.0. The summed E-state index contributed by atoms with van der Waals surface area (Å²) in [5.74, 6) is -1.21. The Morgan fingerprint density at radius 2 is 2.12 bits per heavy atom. The first-order valence-corrected chi connectivity index (χ1v) is 7.86. The van der Waals surface area contributed by atoms with Gasteiger partial charge in [0.05, 0.1) is 18.0 Å². The number of benzene rings is 1. The Kier molecular flexibility index (Phi) is 6.65. The van der Waals surface area contributed by atoms with Gasteiger partial charge in [0.1, 0.15) is 6.10 Å². The van der Waals surface area contributed by atoms with Crippen LogP contribution < -0.4 is 5.73 Å². The minimum Gasteiger partial charge on any atom is -0.469 e. The summed E-state index contributed by atoms with van der Waals surface area (Å²) in [6, 6.07) is 5.88. The second-order valence-corrected chi connectivity index (χ2v) is 5.57. The molecule has 0 radical (unpaired) electrons. The molecule has 8 heteroatoms. The van der Waals surface area contributed by atoms with Crippen LogP contribution in [0.2, 0.25) is 0 Å². The summed E-state index contributed by atoms with van der Waals surface area (Å²) in [5.41, 5.74) is 6.33. The number of carbonyl (C=O) groups excluding carboxylic acids is 1. The lowest BCUT2D eigenvalue weighted by Gasteiger charge is -2.31. The van der Waals surface area contributed by atoms with E-state index in [4.69, 9.17) is 19.9 Å². The number of ether oxygens (including phenoxy) is 3. The second-order valence-electron chi connectivity index (χ2n) is 5.57. The first-order valence-electron chi connectivity index (χ1n) is 7.86. The summed E-state index contributed by atoms with van der Waals surface area (Å²) >= 11 is 0. The fourth-order valence-corrected chi connectivity index (χ4v) is 2.67. The highest BCUT2D eigenvalue weighted by atomic mass is 16.7. The van der Waals surface area contributed by atoms with Crippen LogP contribution in [0.1, 0.15) is 30.9 Å². The molecular formula is C16H22N2O6. The van der Waals surface area contributed by atoms with E-state index in [2.05, 4.69) is 0 Å². The van der Waals surface area contributed by atoms with Crippen molar-refractivity contribution in [2.75, 3.05) is 20.3 Å². The van der Waals surface area contributed by atoms with Gasteiger partial charge in [-0.15, -0.1) is 0 Å². The van der Waals surface area contributed by atoms with Crippen LogP contribution in [0.3, 0.4) is 0 Å². The summed E-state index contributed by atoms with van der Waals surface area (Å²) in [6.07, 6.45) is 1.55. The predicted octanol–water partition coefficient (Wildman–Crippen LogP) is 1.93. The lowest BCUT2D eigenvalue weighted by molar-refractivity contribution is -0.384. The van der Waals surface area contributed by atoms with Crippen molar-refractivity contribution >= 4 is 11.7 Å². The number of methoxy groups -OCH3 is 1. The number of carbonyl (C=O) groups is 1. The maximum atomic E-state index is 12.0. The Morgan fingerprint density at radius 3 is 2.62 bits per heavy atom. The van der Waals surface area contributed by atoms with Gasteiger partial charge >= 0.3 is 5.97 Å². The van der Waals surface area contributed by atoms with E-state index in [1.165, 1.54) is 19.2 Å². The third-order valence-corrected chi connectivity index (χ3v) is 3.99. The van der Waals surface area contributed by atoms with Crippen LogP contribution in [0.5, 0.6) is 0 Å². The normalized spacial score (nSPS) is 20.2. The molecule has 2 N–H and O–H groups in total. The van der Waals surface area contributed by atoms with Crippen molar-refractivity contribution < 1.29 is 23.9 Å². The largest absolute Gasteiger partial charge is 0.469 e. The number of nitro benzene ring substituents is 1. The molecule has 0 aromatic heterocycles. The topological polar surface area (TPSA) is 114 Å². The van der Waals surface area contributed by atoms with E-state index < -0.39 is 29.2 Å². The number of rotatable bonds is 7. The van der Waals surface area contributed by atoms with Crippen molar-refractivity contribution in [3.05, 3.63) is 39.9 Å². The van der Waals surface area contributed by atoms with Gasteiger partial charge in [-0.1, -0.05) is 0 Å². The number of esters is 1. The highest BCUT2D eigenvalue weighted by molar-refractivity contribution is 5.73. The lowest BCUT2D eigenvalue weighted by Crippen LogP contribution is -2.35. The first kappa shape index (κ1) is 18.3. The molecule has 8 nitrogen and oxygen atoms in total. The molecule has 0 amide bonds. The average molecular weight is 338 g/mol. The Bertz CT molecular complexity index is 556. The third-order valence-electron chi connectivity index (χ3n) is 3.99. The average Bonchev–Trinajstić information content (AvgIpc) is 2.62. The first-order chi connectivity index (χ1) is 11.6. The van der Waals surface area contributed by atoms with Gasteiger partial charge in [-0.25, -0.2) is 0 Å². The summed E-state index contributed by atoms with van der Waals surface area (Å²) < 4.78 is 16.4. The van der Waals surface area contributed by atoms with Crippen molar-refractivity contribution in [1.82, 2.24) is 0 Å². The zero-order chi connectivity index (χ0) is 17.5. The van der Waals surface area contributed by atoms with Crippen LogP contribution in [-0.4, -0.2) is 37.4 Å². The number of hydrogen-bond acceptors (Lipinski definition) is 7. The molecule has 2 rings (SSSR count). The van der Waals surface area contributed by atoms with Crippen molar-refractivity contribution in [3.63, 3.8) is 0 Å². The SMILES string of the molecule is COC(=O)C(CN)C(OC1CCCCO1)c1ccc([N+](=O)[O-])cc1. The summed E-state index contributed by atoms with van der Waals surface area (Å²) in [5, 5.41) is 10.8. The van der Waals surface area contributed by atoms with E-state index >= 15 is 0 Å². The molecule has 1 fully saturated rings. The van der Waals surface area contributed by atoms with Gasteiger partial charge < -0.3 is 19.9 Å². The number of hydrogen-bond donors (Lipinski definition) is 1. The maximum Gasteiger partial charge on any atom is 0.312 e. The zero-order valence-corrected chi connectivity index (χ0v) is 13.6. The summed E-state index contributed by atoms with van der Waals surface area (Å²) in [4.78, 5) is 22.4. The zero-order valence-electron chi connectivity index (χ0n) is 13.6. The van der Waals surface area contributed by atoms with Crippen LogP contribution in [0.4, 0.5) is 5.69 Å². The molecule has 24 heavy (non-hydrogen) atoms. The van der Waals surface area contributed by atoms with Gasteiger partial charge in [-0.2, -0.15) is 0 Å². The third kappa shape index (κ3) is 4.50. The van der Waals surface area contributed by atoms with E-state index in [1.54, 1.807) is 12.1 Å².